The lowest BCUT2D eigenvalue weighted by molar-refractivity contribution is -0.581. The summed E-state index contributed by atoms with van der Waals surface area (Å²) in [5.74, 6) is 0. The lowest BCUT2D eigenvalue weighted by Crippen LogP contribution is -2.23. The van der Waals surface area contributed by atoms with Gasteiger partial charge in [0.1, 0.15) is 0 Å². The monoisotopic (exact) mass is 169 g/mol. The van der Waals surface area contributed by atoms with Crippen LogP contribution in [0.5, 0.6) is 0 Å². The molecule has 2 aromatic rings. The highest BCUT2D eigenvalue weighted by Gasteiger charge is 2.06. The Bertz CT molecular complexity index is 394. The first-order valence-corrected chi connectivity index (χ1v) is 3.51. The smallest absolute Gasteiger partial charge is 0.116 e. The van der Waals surface area contributed by atoms with Crippen LogP contribution in [-0.4, -0.2) is 14.9 Å². The van der Waals surface area contributed by atoms with Crippen LogP contribution in [0.4, 0.5) is 0 Å². The highest BCUT2D eigenvalue weighted by atomic mass is 35.5. The highest BCUT2D eigenvalue weighted by Crippen LogP contribution is 1.99. The number of halogens is 1. The van der Waals surface area contributed by atoms with Crippen molar-refractivity contribution in [1.29, 1.82) is 0 Å². The maximum Gasteiger partial charge on any atom is 0.325 e. The second kappa shape index (κ2) is 2.17. The van der Waals surface area contributed by atoms with Gasteiger partial charge in [0.25, 0.3) is 0 Å². The fraction of sp³-hybridized carbons (Fsp3) is 0.167. The van der Waals surface area contributed by atoms with Crippen molar-refractivity contribution < 1.29 is 4.52 Å². The highest BCUT2D eigenvalue weighted by molar-refractivity contribution is 6.29. The van der Waals surface area contributed by atoms with Gasteiger partial charge in [-0.25, -0.2) is 0 Å². The van der Waals surface area contributed by atoms with E-state index in [4.69, 9.17) is 11.6 Å². The molecule has 2 rings (SSSR count). The van der Waals surface area contributed by atoms with Gasteiger partial charge in [0.15, 0.2) is 5.15 Å². The minimum Gasteiger partial charge on any atom is -0.116 e. The van der Waals surface area contributed by atoms with E-state index in [0.29, 0.717) is 5.15 Å². The molecule has 0 saturated carbocycles. The Labute approximate surface area is 68.0 Å². The second-order valence-electron chi connectivity index (χ2n) is 2.25. The van der Waals surface area contributed by atoms with Gasteiger partial charge < -0.3 is 0 Å². The summed E-state index contributed by atoms with van der Waals surface area (Å²) in [6, 6.07) is 3.53. The molecule has 0 bridgehead atoms. The Morgan fingerprint density at radius 2 is 2.36 bits per heavy atom. The molecule has 0 spiro atoms. The van der Waals surface area contributed by atoms with Crippen LogP contribution in [0.3, 0.4) is 0 Å². The summed E-state index contributed by atoms with van der Waals surface area (Å²) < 4.78 is 3.31. The number of nitrogens with zero attached hydrogens (tertiary/aromatic N) is 4. The van der Waals surface area contributed by atoms with Gasteiger partial charge >= 0.3 is 5.65 Å². The van der Waals surface area contributed by atoms with Crippen LogP contribution < -0.4 is 4.52 Å². The van der Waals surface area contributed by atoms with Gasteiger partial charge in [0.05, 0.1) is 7.05 Å². The molecule has 11 heavy (non-hydrogen) atoms. The minimum atomic E-state index is 0.468. The first-order valence-electron chi connectivity index (χ1n) is 3.13. The van der Waals surface area contributed by atoms with Crippen LogP contribution in [0, 0.1) is 0 Å². The molecule has 0 aliphatic carbocycles. The quantitative estimate of drug-likeness (QED) is 0.529. The molecule has 56 valence electrons. The molecule has 0 atom stereocenters. The topological polar surface area (TPSA) is 34.8 Å². The number of rotatable bonds is 0. The molecule has 5 heteroatoms. The molecule has 0 unspecified atom stereocenters. The van der Waals surface area contributed by atoms with Crippen LogP contribution in [0.2, 0.25) is 5.15 Å². The van der Waals surface area contributed by atoms with Crippen molar-refractivity contribution in [3.63, 3.8) is 0 Å². The average molecular weight is 170 g/mol. The van der Waals surface area contributed by atoms with Gasteiger partial charge in [0, 0.05) is 11.2 Å². The van der Waals surface area contributed by atoms with Crippen LogP contribution in [0.15, 0.2) is 18.5 Å². The summed E-state index contributed by atoms with van der Waals surface area (Å²) >= 11 is 5.66. The number of aryl methyl sites for hydroxylation is 1. The van der Waals surface area contributed by atoms with Crippen molar-refractivity contribution in [3.8, 4) is 0 Å². The molecule has 4 nitrogen and oxygen atoms in total. The Balaban J connectivity index is 2.82. The summed E-state index contributed by atoms with van der Waals surface area (Å²) in [6.07, 6.45) is 1.75. The summed E-state index contributed by atoms with van der Waals surface area (Å²) in [6.45, 7) is 0. The van der Waals surface area contributed by atoms with Gasteiger partial charge in [-0.2, -0.15) is 0 Å². The lowest BCUT2D eigenvalue weighted by Gasteiger charge is -1.82. The fourth-order valence-corrected chi connectivity index (χ4v) is 1.06. The fourth-order valence-electron chi connectivity index (χ4n) is 0.917. The van der Waals surface area contributed by atoms with E-state index < -0.39 is 0 Å². The molecule has 0 amide bonds. The largest absolute Gasteiger partial charge is 0.325 e. The standard InChI is InChI=1S/C6H6ClN4/c1-10-4-11-6(9-10)3-2-5(7)8-11/h2-4H,1H3/q+1. The third-order valence-corrected chi connectivity index (χ3v) is 1.55. The molecule has 0 fully saturated rings. The van der Waals surface area contributed by atoms with Gasteiger partial charge in [-0.15, -0.1) is 9.20 Å². The first-order chi connectivity index (χ1) is 5.25. The molecule has 2 aromatic heterocycles. The first kappa shape index (κ1) is 6.54. The number of fused-ring (bicyclic) bond motifs is 1. The van der Waals surface area contributed by atoms with Gasteiger partial charge in [0.2, 0.25) is 6.33 Å². The van der Waals surface area contributed by atoms with E-state index >= 15 is 0 Å². The molecule has 0 aliphatic heterocycles. The summed E-state index contributed by atoms with van der Waals surface area (Å²) in [5, 5.41) is 8.58. The van der Waals surface area contributed by atoms with Crippen LogP contribution >= 0.6 is 11.6 Å². The number of aromatic nitrogens is 4. The minimum absolute atomic E-state index is 0.468. The molecule has 2 heterocycles. The SMILES string of the molecule is Cn1c[n+]2nc(Cl)ccc2n1. The second-order valence-corrected chi connectivity index (χ2v) is 2.64. The van der Waals surface area contributed by atoms with Crippen LogP contribution in [0.1, 0.15) is 0 Å². The van der Waals surface area contributed by atoms with Crippen molar-refractivity contribution in [3.05, 3.63) is 23.6 Å². The number of hydrogen-bond acceptors (Lipinski definition) is 2. The maximum atomic E-state index is 5.66. The van der Waals surface area contributed by atoms with E-state index in [2.05, 4.69) is 10.2 Å². The molecule has 0 saturated heterocycles. The van der Waals surface area contributed by atoms with Gasteiger partial charge in [-0.1, -0.05) is 16.7 Å². The molecular formula is C6H6ClN4+. The normalized spacial score (nSPS) is 10.7. The van der Waals surface area contributed by atoms with Crippen molar-refractivity contribution in [2.45, 2.75) is 0 Å². The third-order valence-electron chi connectivity index (χ3n) is 1.34. The average Bonchev–Trinajstić information content (AvgIpc) is 2.27. The molecule has 0 aromatic carbocycles. The van der Waals surface area contributed by atoms with E-state index in [9.17, 15) is 0 Å². The zero-order chi connectivity index (χ0) is 7.84. The van der Waals surface area contributed by atoms with Crippen molar-refractivity contribution in [2.75, 3.05) is 0 Å². The lowest BCUT2D eigenvalue weighted by atomic mass is 10.6. The molecule has 0 radical (unpaired) electrons. The Morgan fingerprint density at radius 1 is 1.55 bits per heavy atom. The van der Waals surface area contributed by atoms with Crippen molar-refractivity contribution >= 4 is 17.2 Å². The molecule has 0 aliphatic rings. The van der Waals surface area contributed by atoms with E-state index in [1.165, 1.54) is 0 Å². The van der Waals surface area contributed by atoms with E-state index in [0.717, 1.165) is 5.65 Å². The number of hydrogen-bond donors (Lipinski definition) is 0. The van der Waals surface area contributed by atoms with Crippen LogP contribution in [0.25, 0.3) is 5.65 Å². The van der Waals surface area contributed by atoms with Crippen LogP contribution in [-0.2, 0) is 7.05 Å². The zero-order valence-electron chi connectivity index (χ0n) is 5.90. The molecule has 0 N–H and O–H groups in total. The van der Waals surface area contributed by atoms with Gasteiger partial charge in [-0.05, 0) is 6.07 Å². The van der Waals surface area contributed by atoms with Crippen molar-refractivity contribution in [2.24, 2.45) is 7.05 Å². The summed E-state index contributed by atoms with van der Waals surface area (Å²) in [5.41, 5.74) is 0.789. The van der Waals surface area contributed by atoms with Crippen molar-refractivity contribution in [1.82, 2.24) is 14.9 Å². The predicted octanol–water partition coefficient (Wildman–Crippen LogP) is 0.207. The Morgan fingerprint density at radius 3 is 3.18 bits per heavy atom. The third kappa shape index (κ3) is 1.05. The summed E-state index contributed by atoms with van der Waals surface area (Å²) in [7, 11) is 1.84. The Hall–Kier alpha value is -1.16. The summed E-state index contributed by atoms with van der Waals surface area (Å²) in [4.78, 5) is 0. The molecular weight excluding hydrogens is 164 g/mol. The van der Waals surface area contributed by atoms with E-state index in [-0.39, 0.29) is 0 Å². The van der Waals surface area contributed by atoms with Gasteiger partial charge in [-0.3, -0.25) is 0 Å². The van der Waals surface area contributed by atoms with E-state index in [1.54, 1.807) is 21.6 Å². The zero-order valence-corrected chi connectivity index (χ0v) is 6.65. The maximum absolute atomic E-state index is 5.66. The Kier molecular flexibility index (Phi) is 1.29. The predicted molar refractivity (Wildman–Crippen MR) is 39.2 cm³/mol. The van der Waals surface area contributed by atoms with E-state index in [1.807, 2.05) is 13.1 Å².